The summed E-state index contributed by atoms with van der Waals surface area (Å²) in [6.07, 6.45) is 4.27. The highest BCUT2D eigenvalue weighted by Crippen LogP contribution is 2.55. The summed E-state index contributed by atoms with van der Waals surface area (Å²) in [5.74, 6) is 0.415. The Bertz CT molecular complexity index is 2900. The topological polar surface area (TPSA) is 19.6 Å². The van der Waals surface area contributed by atoms with E-state index >= 15 is 0 Å². The molecule has 1 unspecified atom stereocenters. The third kappa shape index (κ3) is 6.18. The minimum atomic E-state index is -0.357. The average Bonchev–Trinajstić information content (AvgIpc) is 3.64. The number of hydrogen-bond acceptors (Lipinski definition) is 3. The molecule has 3 nitrogen and oxygen atoms in total. The third-order valence-corrected chi connectivity index (χ3v) is 13.7. The van der Waals surface area contributed by atoms with E-state index in [0.717, 1.165) is 41.3 Å². The molecule has 0 saturated carbocycles. The zero-order valence-corrected chi connectivity index (χ0v) is 35.1. The second-order valence-electron chi connectivity index (χ2n) is 17.9. The number of rotatable bonds is 7. The first-order valence-electron chi connectivity index (χ1n) is 21.3. The monoisotopic (exact) mass is 768 g/mol. The molecular weight excluding hydrogens is 717 g/mol. The Morgan fingerprint density at radius 1 is 0.627 bits per heavy atom. The predicted octanol–water partition coefficient (Wildman–Crippen LogP) is 14.9. The van der Waals surface area contributed by atoms with Crippen molar-refractivity contribution in [2.45, 2.75) is 65.2 Å². The summed E-state index contributed by atoms with van der Waals surface area (Å²) >= 11 is 0. The summed E-state index contributed by atoms with van der Waals surface area (Å²) in [4.78, 5) is 5.14. The van der Waals surface area contributed by atoms with E-state index in [4.69, 9.17) is 4.42 Å². The van der Waals surface area contributed by atoms with Crippen LogP contribution in [0, 0.1) is 12.8 Å². The van der Waals surface area contributed by atoms with Crippen LogP contribution in [0.4, 0.5) is 17.1 Å². The first-order valence-corrected chi connectivity index (χ1v) is 21.3. The Labute approximate surface area is 349 Å². The van der Waals surface area contributed by atoms with Crippen molar-refractivity contribution in [3.63, 3.8) is 0 Å². The van der Waals surface area contributed by atoms with E-state index < -0.39 is 0 Å². The number of furan rings is 1. The van der Waals surface area contributed by atoms with Gasteiger partial charge >= 0.3 is 0 Å². The molecule has 59 heavy (non-hydrogen) atoms. The van der Waals surface area contributed by atoms with Gasteiger partial charge in [0.2, 0.25) is 0 Å². The van der Waals surface area contributed by atoms with Gasteiger partial charge in [-0.05, 0) is 118 Å². The van der Waals surface area contributed by atoms with Crippen LogP contribution < -0.4 is 9.80 Å². The summed E-state index contributed by atoms with van der Waals surface area (Å²) in [5, 5.41) is 2.32. The van der Waals surface area contributed by atoms with Gasteiger partial charge in [-0.25, -0.2) is 0 Å². The lowest BCUT2D eigenvalue weighted by Gasteiger charge is -2.46. The van der Waals surface area contributed by atoms with Crippen molar-refractivity contribution in [3.05, 3.63) is 197 Å². The maximum Gasteiger partial charge on any atom is 0.141 e. The molecule has 0 aliphatic carbocycles. The van der Waals surface area contributed by atoms with E-state index in [9.17, 15) is 0 Å². The Hall–Kier alpha value is -6.32. The molecule has 0 amide bonds. The molecule has 7 aromatic carbocycles. The molecule has 0 fully saturated rings. The standard InChI is InChI=1S/C56H52N2O/c1-37-17-13-14-18-39(37)25-28-44(36-57-35-38(2)55(3,4)47-33-42(26-30-49(47)57)40-19-9-7-10-20-40)58-50-31-27-43(41-21-11-8-12-22-41)34-48(50)56(5,6)53-51(58)32-29-46-45-23-15-16-24-52(45)59-54(46)53/h7-24,26-27,29-34,36,38H,25,28,35H2,1-6H3. The van der Waals surface area contributed by atoms with Crippen molar-refractivity contribution in [1.82, 2.24) is 0 Å². The smallest absolute Gasteiger partial charge is 0.141 e. The molecule has 3 heterocycles. The summed E-state index contributed by atoms with van der Waals surface area (Å²) < 4.78 is 6.91. The number of nitrogens with zero attached hydrogens (tertiary/aromatic N) is 2. The number of aryl methyl sites for hydroxylation is 2. The Kier molecular flexibility index (Phi) is 8.90. The van der Waals surface area contributed by atoms with Gasteiger partial charge in [0.05, 0.1) is 11.4 Å². The zero-order chi connectivity index (χ0) is 40.5. The molecule has 0 saturated heterocycles. The van der Waals surface area contributed by atoms with Crippen molar-refractivity contribution in [3.8, 4) is 22.3 Å². The molecule has 3 heteroatoms. The minimum Gasteiger partial charge on any atom is -0.456 e. The molecule has 0 spiro atoms. The Balaban J connectivity index is 1.21. The highest BCUT2D eigenvalue weighted by Gasteiger charge is 2.42. The zero-order valence-electron chi connectivity index (χ0n) is 35.1. The molecule has 10 rings (SSSR count). The number of para-hydroxylation sites is 1. The van der Waals surface area contributed by atoms with Gasteiger partial charge in [-0.3, -0.25) is 0 Å². The summed E-state index contributed by atoms with van der Waals surface area (Å²) in [6, 6.07) is 57.8. The number of fused-ring (bicyclic) bond motifs is 7. The van der Waals surface area contributed by atoms with E-state index in [1.54, 1.807) is 0 Å². The predicted molar refractivity (Wildman–Crippen MR) is 249 cm³/mol. The lowest BCUT2D eigenvalue weighted by Crippen LogP contribution is -2.42. The molecule has 0 bridgehead atoms. The largest absolute Gasteiger partial charge is 0.456 e. The molecule has 292 valence electrons. The van der Waals surface area contributed by atoms with Crippen LogP contribution in [0.5, 0.6) is 0 Å². The molecule has 8 aromatic rings. The van der Waals surface area contributed by atoms with Gasteiger partial charge in [-0.2, -0.15) is 0 Å². The number of benzene rings is 7. The SMILES string of the molecule is Cc1ccccc1CCC(=CN1CC(C)C(C)(C)c2cc(-c3ccccc3)ccc21)N1c2ccc(-c3ccccc3)cc2C(C)(C)c2c1ccc1c2oc2ccccc21. The number of allylic oxidation sites excluding steroid dienone is 1. The van der Waals surface area contributed by atoms with Crippen LogP contribution in [0.2, 0.25) is 0 Å². The molecule has 0 N–H and O–H groups in total. The number of anilines is 3. The molecule has 1 aromatic heterocycles. The fraction of sp³-hybridized carbons (Fsp3) is 0.214. The van der Waals surface area contributed by atoms with E-state index in [-0.39, 0.29) is 10.8 Å². The molecular formula is C56H52N2O. The lowest BCUT2D eigenvalue weighted by molar-refractivity contribution is 0.335. The number of hydrogen-bond donors (Lipinski definition) is 0. The minimum absolute atomic E-state index is 0.000856. The van der Waals surface area contributed by atoms with E-state index in [1.165, 1.54) is 72.8 Å². The van der Waals surface area contributed by atoms with Crippen molar-refractivity contribution in [2.24, 2.45) is 5.92 Å². The summed E-state index contributed by atoms with van der Waals surface area (Å²) in [6.45, 7) is 15.2. The molecule has 1 atom stereocenters. The molecule has 0 radical (unpaired) electrons. The fourth-order valence-corrected chi connectivity index (χ4v) is 9.87. The van der Waals surface area contributed by atoms with Crippen LogP contribution in [-0.2, 0) is 17.3 Å². The summed E-state index contributed by atoms with van der Waals surface area (Å²) in [7, 11) is 0. The van der Waals surface area contributed by atoms with Gasteiger partial charge in [0.15, 0.2) is 0 Å². The van der Waals surface area contributed by atoms with Crippen molar-refractivity contribution in [1.29, 1.82) is 0 Å². The van der Waals surface area contributed by atoms with Crippen LogP contribution in [0.25, 0.3) is 44.2 Å². The maximum atomic E-state index is 6.91. The Morgan fingerprint density at radius 3 is 1.95 bits per heavy atom. The average molecular weight is 769 g/mol. The van der Waals surface area contributed by atoms with Crippen LogP contribution in [-0.4, -0.2) is 6.54 Å². The molecule has 2 aliphatic heterocycles. The van der Waals surface area contributed by atoms with E-state index in [1.807, 2.05) is 0 Å². The van der Waals surface area contributed by atoms with E-state index in [2.05, 4.69) is 215 Å². The van der Waals surface area contributed by atoms with Gasteiger partial charge in [-0.1, -0.05) is 150 Å². The maximum absolute atomic E-state index is 6.91. The van der Waals surface area contributed by atoms with Crippen molar-refractivity contribution in [2.75, 3.05) is 16.3 Å². The van der Waals surface area contributed by atoms with E-state index in [0.29, 0.717) is 5.92 Å². The van der Waals surface area contributed by atoms with Gasteiger partial charge in [0, 0.05) is 45.9 Å². The van der Waals surface area contributed by atoms with Gasteiger partial charge in [0.1, 0.15) is 11.2 Å². The quantitative estimate of drug-likeness (QED) is 0.161. The van der Waals surface area contributed by atoms with Gasteiger partial charge in [-0.15, -0.1) is 0 Å². The van der Waals surface area contributed by atoms with Crippen molar-refractivity contribution >= 4 is 39.0 Å². The highest BCUT2D eigenvalue weighted by atomic mass is 16.3. The fourth-order valence-electron chi connectivity index (χ4n) is 9.87. The normalized spacial score (nSPS) is 16.8. The third-order valence-electron chi connectivity index (χ3n) is 13.7. The van der Waals surface area contributed by atoms with Crippen LogP contribution >= 0.6 is 0 Å². The summed E-state index contributed by atoms with van der Waals surface area (Å²) in [5.41, 5.74) is 18.1. The first kappa shape index (κ1) is 37.0. The van der Waals surface area contributed by atoms with Gasteiger partial charge in [0.25, 0.3) is 0 Å². The Morgan fingerprint density at radius 2 is 1.24 bits per heavy atom. The lowest BCUT2D eigenvalue weighted by atomic mass is 9.70. The second kappa shape index (κ2) is 14.2. The van der Waals surface area contributed by atoms with Crippen LogP contribution in [0.15, 0.2) is 174 Å². The highest BCUT2D eigenvalue weighted by molar-refractivity contribution is 6.08. The first-order chi connectivity index (χ1) is 28.6. The van der Waals surface area contributed by atoms with Crippen molar-refractivity contribution < 1.29 is 4.42 Å². The second-order valence-corrected chi connectivity index (χ2v) is 17.9. The van der Waals surface area contributed by atoms with Crippen LogP contribution in [0.3, 0.4) is 0 Å². The molecule has 2 aliphatic rings. The van der Waals surface area contributed by atoms with Gasteiger partial charge < -0.3 is 14.2 Å². The van der Waals surface area contributed by atoms with Crippen LogP contribution in [0.1, 0.15) is 68.9 Å².